The van der Waals surface area contributed by atoms with Gasteiger partial charge in [-0.05, 0) is 31.7 Å². The van der Waals surface area contributed by atoms with E-state index in [2.05, 4.69) is 9.88 Å². The van der Waals surface area contributed by atoms with Crippen molar-refractivity contribution in [2.45, 2.75) is 19.3 Å². The van der Waals surface area contributed by atoms with Gasteiger partial charge in [-0.25, -0.2) is 4.98 Å². The molecule has 2 heterocycles. The Kier molecular flexibility index (Phi) is 3.78. The van der Waals surface area contributed by atoms with Crippen LogP contribution >= 0.6 is 0 Å². The van der Waals surface area contributed by atoms with E-state index in [0.29, 0.717) is 11.7 Å². The first kappa shape index (κ1) is 12.1. The Morgan fingerprint density at radius 1 is 1.59 bits per heavy atom. The zero-order chi connectivity index (χ0) is 12.3. The van der Waals surface area contributed by atoms with Crippen molar-refractivity contribution in [1.29, 1.82) is 0 Å². The number of hydrogen-bond acceptors (Lipinski definition) is 4. The highest BCUT2D eigenvalue weighted by Crippen LogP contribution is 2.21. The Balaban J connectivity index is 2.16. The third kappa shape index (κ3) is 2.66. The van der Waals surface area contributed by atoms with Crippen molar-refractivity contribution in [2.75, 3.05) is 24.5 Å². The van der Waals surface area contributed by atoms with Gasteiger partial charge in [-0.1, -0.05) is 0 Å². The predicted molar refractivity (Wildman–Crippen MR) is 68.1 cm³/mol. The Labute approximate surface area is 101 Å². The Morgan fingerprint density at radius 3 is 3.18 bits per heavy atom. The van der Waals surface area contributed by atoms with Gasteiger partial charge in [0.15, 0.2) is 5.82 Å². The maximum absolute atomic E-state index is 12.0. The van der Waals surface area contributed by atoms with Gasteiger partial charge in [-0.2, -0.15) is 0 Å². The van der Waals surface area contributed by atoms with Crippen LogP contribution < -0.4 is 16.2 Å². The highest BCUT2D eigenvalue weighted by atomic mass is 16.1. The molecule has 1 fully saturated rings. The summed E-state index contributed by atoms with van der Waals surface area (Å²) in [6.45, 7) is 2.55. The van der Waals surface area contributed by atoms with Gasteiger partial charge in [-0.15, -0.1) is 0 Å². The molecule has 17 heavy (non-hydrogen) atoms. The molecule has 0 aromatic carbocycles. The summed E-state index contributed by atoms with van der Waals surface area (Å²) < 4.78 is 1.58. The summed E-state index contributed by atoms with van der Waals surface area (Å²) in [6.07, 6.45) is 6.73. The van der Waals surface area contributed by atoms with Crippen LogP contribution in [0, 0.1) is 5.92 Å². The lowest BCUT2D eigenvalue weighted by atomic mass is 9.95. The monoisotopic (exact) mass is 236 g/mol. The summed E-state index contributed by atoms with van der Waals surface area (Å²) in [5.41, 5.74) is 5.58. The average molecular weight is 236 g/mol. The summed E-state index contributed by atoms with van der Waals surface area (Å²) in [5.74, 6) is 1.18. The minimum absolute atomic E-state index is 0.0131. The predicted octanol–water partition coefficient (Wildman–Crippen LogP) is 0.346. The van der Waals surface area contributed by atoms with Crippen molar-refractivity contribution in [3.05, 3.63) is 22.7 Å². The molecule has 0 spiro atoms. The minimum Gasteiger partial charge on any atom is -0.352 e. The fourth-order valence-corrected chi connectivity index (χ4v) is 2.43. The van der Waals surface area contributed by atoms with Crippen molar-refractivity contribution in [1.82, 2.24) is 9.55 Å². The molecule has 1 unspecified atom stereocenters. The number of nitrogens with two attached hydrogens (primary N) is 1. The van der Waals surface area contributed by atoms with Crippen LogP contribution in [0.4, 0.5) is 5.82 Å². The van der Waals surface area contributed by atoms with Crippen LogP contribution in [0.3, 0.4) is 0 Å². The molecule has 1 aliphatic rings. The number of aromatic nitrogens is 2. The molecule has 1 atom stereocenters. The summed E-state index contributed by atoms with van der Waals surface area (Å²) in [4.78, 5) is 18.3. The molecule has 1 aromatic rings. The van der Waals surface area contributed by atoms with Crippen molar-refractivity contribution < 1.29 is 0 Å². The normalized spacial score (nSPS) is 20.6. The molecule has 1 saturated heterocycles. The largest absolute Gasteiger partial charge is 0.352 e. The quantitative estimate of drug-likeness (QED) is 0.822. The zero-order valence-electron chi connectivity index (χ0n) is 10.3. The molecule has 1 aromatic heterocycles. The van der Waals surface area contributed by atoms with Crippen LogP contribution in [-0.4, -0.2) is 29.2 Å². The van der Waals surface area contributed by atoms with Gasteiger partial charge in [0.1, 0.15) is 0 Å². The first-order chi connectivity index (χ1) is 8.22. The molecular weight excluding hydrogens is 216 g/mol. The zero-order valence-corrected chi connectivity index (χ0v) is 10.3. The van der Waals surface area contributed by atoms with Crippen LogP contribution in [0.15, 0.2) is 17.2 Å². The lowest BCUT2D eigenvalue weighted by Gasteiger charge is -2.33. The second-order valence-corrected chi connectivity index (χ2v) is 4.70. The minimum atomic E-state index is -0.0131. The van der Waals surface area contributed by atoms with Crippen LogP contribution in [0.5, 0.6) is 0 Å². The molecule has 0 radical (unpaired) electrons. The van der Waals surface area contributed by atoms with Crippen molar-refractivity contribution >= 4 is 5.82 Å². The first-order valence-electron chi connectivity index (χ1n) is 6.19. The average Bonchev–Trinajstić information content (AvgIpc) is 2.33. The van der Waals surface area contributed by atoms with Gasteiger partial charge < -0.3 is 15.2 Å². The first-order valence-corrected chi connectivity index (χ1v) is 6.19. The van der Waals surface area contributed by atoms with E-state index in [1.807, 2.05) is 0 Å². The maximum Gasteiger partial charge on any atom is 0.293 e. The van der Waals surface area contributed by atoms with Crippen molar-refractivity contribution in [2.24, 2.45) is 18.7 Å². The van der Waals surface area contributed by atoms with E-state index in [-0.39, 0.29) is 5.56 Å². The van der Waals surface area contributed by atoms with E-state index in [0.717, 1.165) is 32.5 Å². The summed E-state index contributed by atoms with van der Waals surface area (Å²) in [5, 5.41) is 0. The smallest absolute Gasteiger partial charge is 0.293 e. The number of rotatable bonds is 3. The number of aryl methyl sites for hydroxylation is 1. The second-order valence-electron chi connectivity index (χ2n) is 4.70. The summed E-state index contributed by atoms with van der Waals surface area (Å²) >= 11 is 0. The van der Waals surface area contributed by atoms with Gasteiger partial charge in [0.2, 0.25) is 0 Å². The molecule has 0 aliphatic carbocycles. The third-order valence-electron chi connectivity index (χ3n) is 3.39. The Bertz CT molecular complexity index is 427. The van der Waals surface area contributed by atoms with E-state index in [9.17, 15) is 4.79 Å². The lowest BCUT2D eigenvalue weighted by molar-refractivity contribution is 0.393. The fourth-order valence-electron chi connectivity index (χ4n) is 2.43. The van der Waals surface area contributed by atoms with Gasteiger partial charge in [-0.3, -0.25) is 4.79 Å². The Morgan fingerprint density at radius 2 is 2.41 bits per heavy atom. The number of hydrogen-bond donors (Lipinski definition) is 1. The van der Waals surface area contributed by atoms with Crippen LogP contribution in [-0.2, 0) is 7.05 Å². The number of nitrogens with zero attached hydrogens (tertiary/aromatic N) is 3. The second kappa shape index (κ2) is 5.31. The molecule has 94 valence electrons. The highest BCUT2D eigenvalue weighted by Gasteiger charge is 2.22. The fraction of sp³-hybridized carbons (Fsp3) is 0.667. The molecular formula is C12H20N4O. The van der Waals surface area contributed by atoms with Crippen LogP contribution in [0.1, 0.15) is 19.3 Å². The van der Waals surface area contributed by atoms with E-state index in [1.165, 1.54) is 6.42 Å². The van der Waals surface area contributed by atoms with Crippen LogP contribution in [0.2, 0.25) is 0 Å². The molecule has 2 rings (SSSR count). The summed E-state index contributed by atoms with van der Waals surface area (Å²) in [6, 6.07) is 0. The third-order valence-corrected chi connectivity index (χ3v) is 3.39. The van der Waals surface area contributed by atoms with Gasteiger partial charge in [0.25, 0.3) is 5.56 Å². The van der Waals surface area contributed by atoms with Gasteiger partial charge >= 0.3 is 0 Å². The maximum atomic E-state index is 12.0. The molecule has 0 bridgehead atoms. The van der Waals surface area contributed by atoms with Gasteiger partial charge in [0.05, 0.1) is 0 Å². The SMILES string of the molecule is Cn1ccnc(N2CCCC(CCN)C2)c1=O. The standard InChI is InChI=1S/C12H20N4O/c1-15-8-6-14-11(12(15)17)16-7-2-3-10(9-16)4-5-13/h6,8,10H,2-5,7,9,13H2,1H3. The molecule has 0 saturated carbocycles. The lowest BCUT2D eigenvalue weighted by Crippen LogP contribution is -2.40. The van der Waals surface area contributed by atoms with Crippen molar-refractivity contribution in [3.8, 4) is 0 Å². The van der Waals surface area contributed by atoms with E-state index < -0.39 is 0 Å². The van der Waals surface area contributed by atoms with Crippen molar-refractivity contribution in [3.63, 3.8) is 0 Å². The van der Waals surface area contributed by atoms with E-state index in [1.54, 1.807) is 24.0 Å². The van der Waals surface area contributed by atoms with E-state index >= 15 is 0 Å². The molecule has 5 heteroatoms. The number of anilines is 1. The van der Waals surface area contributed by atoms with E-state index in [4.69, 9.17) is 5.73 Å². The number of piperidine rings is 1. The van der Waals surface area contributed by atoms with Crippen LogP contribution in [0.25, 0.3) is 0 Å². The summed E-state index contributed by atoms with van der Waals surface area (Å²) in [7, 11) is 1.76. The molecule has 5 nitrogen and oxygen atoms in total. The topological polar surface area (TPSA) is 64.2 Å². The highest BCUT2D eigenvalue weighted by molar-refractivity contribution is 5.36. The van der Waals surface area contributed by atoms with Gasteiger partial charge in [0, 0.05) is 32.5 Å². The molecule has 0 amide bonds. The molecule has 1 aliphatic heterocycles. The Hall–Kier alpha value is -1.36. The molecule has 2 N–H and O–H groups in total.